The van der Waals surface area contributed by atoms with E-state index in [1.807, 2.05) is 43.3 Å². The summed E-state index contributed by atoms with van der Waals surface area (Å²) in [7, 11) is 5.49. The van der Waals surface area contributed by atoms with Crippen LogP contribution in [0.4, 0.5) is 17.3 Å². The zero-order valence-corrected chi connectivity index (χ0v) is 19.3. The van der Waals surface area contributed by atoms with Crippen LogP contribution >= 0.6 is 11.8 Å². The Morgan fingerprint density at radius 2 is 1.85 bits per heavy atom. The van der Waals surface area contributed by atoms with Crippen LogP contribution in [0.3, 0.4) is 0 Å². The average Bonchev–Trinajstić information content (AvgIpc) is 2.84. The Kier molecular flexibility index (Phi) is 6.84. The van der Waals surface area contributed by atoms with E-state index in [0.29, 0.717) is 53.7 Å². The number of benzene rings is 1. The first-order valence-electron chi connectivity index (χ1n) is 10.2. The van der Waals surface area contributed by atoms with Crippen LogP contribution < -0.4 is 14.5 Å². The van der Waals surface area contributed by atoms with Gasteiger partial charge >= 0.3 is 5.82 Å². The monoisotopic (exact) mass is 469 g/mol. The summed E-state index contributed by atoms with van der Waals surface area (Å²) in [4.78, 5) is 32.3. The Labute approximate surface area is 194 Å². The second-order valence-corrected chi connectivity index (χ2v) is 8.33. The van der Waals surface area contributed by atoms with E-state index < -0.39 is 4.92 Å². The number of hydrogen-bond acceptors (Lipinski definition) is 11. The Hall–Kier alpha value is -3.51. The second-order valence-electron chi connectivity index (χ2n) is 7.33. The van der Waals surface area contributed by atoms with Crippen LogP contribution in [-0.2, 0) is 4.74 Å². The van der Waals surface area contributed by atoms with Crippen LogP contribution in [0.25, 0.3) is 11.3 Å². The van der Waals surface area contributed by atoms with Gasteiger partial charge in [-0.25, -0.2) is 9.97 Å². The fourth-order valence-electron chi connectivity index (χ4n) is 3.27. The highest BCUT2D eigenvalue weighted by atomic mass is 32.2. The van der Waals surface area contributed by atoms with Crippen LogP contribution in [0.5, 0.6) is 5.88 Å². The van der Waals surface area contributed by atoms with Gasteiger partial charge in [-0.1, -0.05) is 12.1 Å². The van der Waals surface area contributed by atoms with Gasteiger partial charge in [0, 0.05) is 38.4 Å². The minimum Gasteiger partial charge on any atom is -0.478 e. The average molecular weight is 470 g/mol. The van der Waals surface area contributed by atoms with Crippen molar-refractivity contribution in [3.05, 3.63) is 46.8 Å². The van der Waals surface area contributed by atoms with Crippen molar-refractivity contribution in [1.82, 2.24) is 19.9 Å². The van der Waals surface area contributed by atoms with E-state index in [2.05, 4.69) is 14.9 Å². The van der Waals surface area contributed by atoms with E-state index in [9.17, 15) is 10.1 Å². The van der Waals surface area contributed by atoms with Gasteiger partial charge < -0.3 is 29.4 Å². The van der Waals surface area contributed by atoms with Crippen molar-refractivity contribution in [2.75, 3.05) is 57.3 Å². The lowest BCUT2D eigenvalue weighted by atomic mass is 10.1. The molecule has 0 bridgehead atoms. The van der Waals surface area contributed by atoms with Crippen molar-refractivity contribution < 1.29 is 14.4 Å². The molecule has 0 radical (unpaired) electrons. The topological polar surface area (TPSA) is 120 Å². The lowest BCUT2D eigenvalue weighted by Gasteiger charge is -2.29. The molecule has 0 N–H and O–H groups in total. The summed E-state index contributed by atoms with van der Waals surface area (Å²) >= 11 is 1.15. The van der Waals surface area contributed by atoms with Crippen LogP contribution in [0.1, 0.15) is 0 Å². The van der Waals surface area contributed by atoms with Gasteiger partial charge in [-0.05, 0) is 33.8 Å². The molecule has 1 fully saturated rings. The van der Waals surface area contributed by atoms with Crippen LogP contribution in [0.2, 0.25) is 0 Å². The van der Waals surface area contributed by atoms with Crippen LogP contribution in [-0.4, -0.2) is 72.4 Å². The standard InChI is InChI=1S/C21H23N7O4S/c1-26(2)15-6-4-14(5-7-15)18-21(33-17-13-22-12-16(23-17)28(29)30)25-20(31-3)19(24-18)27-8-10-32-11-9-27/h4-7,12-13H,8-11H2,1-3H3. The Bertz CT molecular complexity index is 1140. The molecular weight excluding hydrogens is 446 g/mol. The number of methoxy groups -OCH3 is 1. The molecule has 0 saturated carbocycles. The van der Waals surface area contributed by atoms with E-state index in [4.69, 9.17) is 19.4 Å². The van der Waals surface area contributed by atoms with Crippen molar-refractivity contribution in [2.24, 2.45) is 0 Å². The van der Waals surface area contributed by atoms with Crippen molar-refractivity contribution in [3.63, 3.8) is 0 Å². The summed E-state index contributed by atoms with van der Waals surface area (Å²) in [5, 5.41) is 12.0. The molecule has 1 aromatic carbocycles. The van der Waals surface area contributed by atoms with Gasteiger partial charge in [-0.15, -0.1) is 0 Å². The third-order valence-corrected chi connectivity index (χ3v) is 5.85. The summed E-state index contributed by atoms with van der Waals surface area (Å²) < 4.78 is 11.0. The van der Waals surface area contributed by atoms with E-state index in [-0.39, 0.29) is 5.82 Å². The Balaban J connectivity index is 1.81. The van der Waals surface area contributed by atoms with E-state index >= 15 is 0 Å². The minimum atomic E-state index is -0.578. The summed E-state index contributed by atoms with van der Waals surface area (Å²) in [6, 6.07) is 7.94. The molecule has 0 aliphatic carbocycles. The molecule has 11 nitrogen and oxygen atoms in total. The second kappa shape index (κ2) is 9.96. The summed E-state index contributed by atoms with van der Waals surface area (Å²) in [5.41, 5.74) is 2.53. The van der Waals surface area contributed by atoms with Gasteiger partial charge in [0.05, 0.1) is 26.5 Å². The molecule has 172 valence electrons. The Morgan fingerprint density at radius 1 is 1.12 bits per heavy atom. The number of hydrogen-bond donors (Lipinski definition) is 0. The SMILES string of the molecule is COc1nc(Sc2cncc([N+](=O)[O-])n2)c(-c2ccc(N(C)C)cc2)nc1N1CCOCC1. The molecule has 4 rings (SSSR count). The Morgan fingerprint density at radius 3 is 2.48 bits per heavy atom. The molecular formula is C21H23N7O4S. The highest BCUT2D eigenvalue weighted by molar-refractivity contribution is 7.99. The summed E-state index contributed by atoms with van der Waals surface area (Å²) in [5.74, 6) is 0.662. The quantitative estimate of drug-likeness (QED) is 0.375. The fraction of sp³-hybridized carbons (Fsp3) is 0.333. The molecule has 33 heavy (non-hydrogen) atoms. The maximum atomic E-state index is 11.1. The van der Waals surface area contributed by atoms with Gasteiger partial charge in [-0.2, -0.15) is 0 Å². The molecule has 0 amide bonds. The first-order valence-corrected chi connectivity index (χ1v) is 11.0. The predicted molar refractivity (Wildman–Crippen MR) is 124 cm³/mol. The van der Waals surface area contributed by atoms with Crippen molar-refractivity contribution in [2.45, 2.75) is 10.1 Å². The lowest BCUT2D eigenvalue weighted by molar-refractivity contribution is -0.390. The first-order chi connectivity index (χ1) is 16.0. The molecule has 0 atom stereocenters. The molecule has 1 saturated heterocycles. The summed E-state index contributed by atoms with van der Waals surface area (Å²) in [6.45, 7) is 2.54. The largest absolute Gasteiger partial charge is 0.478 e. The highest BCUT2D eigenvalue weighted by Crippen LogP contribution is 2.38. The molecule has 0 spiro atoms. The molecule has 2 aromatic heterocycles. The smallest absolute Gasteiger partial charge is 0.383 e. The zero-order valence-electron chi connectivity index (χ0n) is 18.5. The van der Waals surface area contributed by atoms with E-state index in [0.717, 1.165) is 29.2 Å². The highest BCUT2D eigenvalue weighted by Gasteiger charge is 2.24. The molecule has 1 aliphatic rings. The number of aromatic nitrogens is 4. The minimum absolute atomic E-state index is 0.332. The number of nitrogens with zero attached hydrogens (tertiary/aromatic N) is 7. The van der Waals surface area contributed by atoms with Gasteiger partial charge in [0.15, 0.2) is 5.82 Å². The third-order valence-electron chi connectivity index (χ3n) is 4.96. The van der Waals surface area contributed by atoms with Crippen LogP contribution in [0.15, 0.2) is 46.7 Å². The third kappa shape index (κ3) is 5.12. The van der Waals surface area contributed by atoms with Gasteiger partial charge in [0.2, 0.25) is 5.03 Å². The number of rotatable bonds is 7. The molecule has 3 heterocycles. The molecule has 12 heteroatoms. The summed E-state index contributed by atoms with van der Waals surface area (Å²) in [6.07, 6.45) is 2.57. The molecule has 1 aliphatic heterocycles. The predicted octanol–water partition coefficient (Wildman–Crippen LogP) is 2.90. The van der Waals surface area contributed by atoms with Crippen LogP contribution in [0, 0.1) is 10.1 Å². The maximum Gasteiger partial charge on any atom is 0.383 e. The molecule has 0 unspecified atom stereocenters. The zero-order chi connectivity index (χ0) is 23.4. The fourth-order valence-corrected chi connectivity index (χ4v) is 4.11. The maximum absolute atomic E-state index is 11.1. The van der Waals surface area contributed by atoms with E-state index in [1.54, 1.807) is 7.11 Å². The number of morpholine rings is 1. The number of anilines is 2. The van der Waals surface area contributed by atoms with Crippen molar-refractivity contribution >= 4 is 29.1 Å². The normalized spacial score (nSPS) is 13.6. The van der Waals surface area contributed by atoms with E-state index in [1.165, 1.54) is 6.20 Å². The first kappa shape index (κ1) is 22.7. The van der Waals surface area contributed by atoms with Gasteiger partial charge in [0.25, 0.3) is 5.88 Å². The molecule has 3 aromatic rings. The van der Waals surface area contributed by atoms with Gasteiger partial charge in [-0.3, -0.25) is 4.98 Å². The van der Waals surface area contributed by atoms with Gasteiger partial charge in [0.1, 0.15) is 16.9 Å². The number of nitro groups is 1. The van der Waals surface area contributed by atoms with Crippen molar-refractivity contribution in [1.29, 1.82) is 0 Å². The number of ether oxygens (including phenoxy) is 2. The lowest BCUT2D eigenvalue weighted by Crippen LogP contribution is -2.37. The van der Waals surface area contributed by atoms with Crippen molar-refractivity contribution in [3.8, 4) is 17.1 Å².